The topological polar surface area (TPSA) is 52.7 Å². The molecule has 2 aliphatic rings. The number of amides is 2. The molecule has 1 aliphatic carbocycles. The van der Waals surface area contributed by atoms with Crippen molar-refractivity contribution < 1.29 is 9.59 Å². The van der Waals surface area contributed by atoms with Crippen molar-refractivity contribution in [1.29, 1.82) is 0 Å². The van der Waals surface area contributed by atoms with Crippen molar-refractivity contribution in [3.05, 3.63) is 70.8 Å². The zero-order valence-corrected chi connectivity index (χ0v) is 21.1. The molecule has 1 saturated heterocycles. The van der Waals surface area contributed by atoms with Gasteiger partial charge < -0.3 is 15.1 Å². The van der Waals surface area contributed by atoms with Gasteiger partial charge in [-0.05, 0) is 60.5 Å². The van der Waals surface area contributed by atoms with Crippen molar-refractivity contribution in [3.63, 3.8) is 0 Å². The van der Waals surface area contributed by atoms with Crippen molar-refractivity contribution in [2.24, 2.45) is 11.8 Å². The van der Waals surface area contributed by atoms with E-state index in [1.807, 2.05) is 4.90 Å². The van der Waals surface area contributed by atoms with Gasteiger partial charge in [0.05, 0.1) is 0 Å². The fourth-order valence-corrected chi connectivity index (χ4v) is 5.73. The fraction of sp³-hybridized carbons (Fsp3) is 0.517. The van der Waals surface area contributed by atoms with Gasteiger partial charge in [-0.25, -0.2) is 0 Å². The van der Waals surface area contributed by atoms with Crippen LogP contribution in [-0.4, -0.2) is 47.3 Å². The van der Waals surface area contributed by atoms with Gasteiger partial charge in [0.25, 0.3) is 0 Å². The number of rotatable bonds is 9. The third kappa shape index (κ3) is 5.05. The van der Waals surface area contributed by atoms with E-state index in [-0.39, 0.29) is 23.7 Å². The maximum atomic E-state index is 14.0. The van der Waals surface area contributed by atoms with Crippen LogP contribution in [0.1, 0.15) is 55.9 Å². The van der Waals surface area contributed by atoms with Gasteiger partial charge in [-0.2, -0.15) is 0 Å². The summed E-state index contributed by atoms with van der Waals surface area (Å²) in [6.45, 7) is 8.72. The van der Waals surface area contributed by atoms with Gasteiger partial charge in [-0.1, -0.05) is 82.1 Å². The summed E-state index contributed by atoms with van der Waals surface area (Å²) in [6.07, 6.45) is 3.43. The molecule has 0 aromatic heterocycles. The molecule has 1 heterocycles. The molecule has 2 unspecified atom stereocenters. The molecule has 5 nitrogen and oxygen atoms in total. The molecule has 4 rings (SSSR count). The second-order valence-electron chi connectivity index (χ2n) is 10.1. The molecule has 2 atom stereocenters. The van der Waals surface area contributed by atoms with Crippen molar-refractivity contribution in [2.45, 2.75) is 71.6 Å². The van der Waals surface area contributed by atoms with E-state index in [1.165, 1.54) is 16.7 Å². The number of benzene rings is 2. The van der Waals surface area contributed by atoms with Crippen LogP contribution in [0, 0.1) is 11.8 Å². The minimum atomic E-state index is -0.458. The van der Waals surface area contributed by atoms with E-state index in [4.69, 9.17) is 0 Å². The Bertz CT molecular complexity index is 991. The van der Waals surface area contributed by atoms with Gasteiger partial charge >= 0.3 is 0 Å². The van der Waals surface area contributed by atoms with Crippen LogP contribution in [0.4, 0.5) is 0 Å². The van der Waals surface area contributed by atoms with E-state index in [0.29, 0.717) is 6.54 Å². The zero-order valence-electron chi connectivity index (χ0n) is 21.1. The van der Waals surface area contributed by atoms with Gasteiger partial charge in [0, 0.05) is 13.1 Å². The summed E-state index contributed by atoms with van der Waals surface area (Å²) in [4.78, 5) is 31.6. The standard InChI is InChI=1S/C29H39N3O2/c1-5-22(6-2)27-28(33)30-26(25-16-23-13-8-9-14-24(23)17-25)29(34)32(27)19-21-12-10-11-20(15-21)18-31(4)7-3/h8-15,22,25-27H,5-7,16-19H2,1-4H3,(H,30,33). The van der Waals surface area contributed by atoms with Crippen LogP contribution in [0.15, 0.2) is 48.5 Å². The third-order valence-corrected chi connectivity index (χ3v) is 7.84. The Hall–Kier alpha value is -2.66. The highest BCUT2D eigenvalue weighted by atomic mass is 16.2. The Morgan fingerprint density at radius 1 is 0.971 bits per heavy atom. The number of piperazine rings is 1. The monoisotopic (exact) mass is 461 g/mol. The van der Waals surface area contributed by atoms with Crippen LogP contribution in [0.3, 0.4) is 0 Å². The number of carbonyl (C=O) groups excluding carboxylic acids is 2. The number of fused-ring (bicyclic) bond motifs is 1. The summed E-state index contributed by atoms with van der Waals surface area (Å²) in [5.74, 6) is 0.352. The lowest BCUT2D eigenvalue weighted by Crippen LogP contribution is -2.66. The smallest absolute Gasteiger partial charge is 0.246 e. The first kappa shape index (κ1) is 24.5. The highest BCUT2D eigenvalue weighted by Gasteiger charge is 2.46. The lowest BCUT2D eigenvalue weighted by Gasteiger charge is -2.43. The maximum absolute atomic E-state index is 14.0. The van der Waals surface area contributed by atoms with Crippen molar-refractivity contribution in [2.75, 3.05) is 13.6 Å². The predicted octanol–water partition coefficient (Wildman–Crippen LogP) is 4.19. The second-order valence-corrected chi connectivity index (χ2v) is 10.1. The average molecular weight is 462 g/mol. The molecule has 0 spiro atoms. The lowest BCUT2D eigenvalue weighted by atomic mass is 9.86. The number of hydrogen-bond donors (Lipinski definition) is 1. The number of hydrogen-bond acceptors (Lipinski definition) is 3. The first-order chi connectivity index (χ1) is 16.4. The van der Waals surface area contributed by atoms with Crippen LogP contribution in [0.25, 0.3) is 0 Å². The molecule has 2 aromatic rings. The van der Waals surface area contributed by atoms with Crippen molar-refractivity contribution in [1.82, 2.24) is 15.1 Å². The Labute approximate surface area is 204 Å². The first-order valence-electron chi connectivity index (χ1n) is 12.9. The predicted molar refractivity (Wildman–Crippen MR) is 136 cm³/mol. The molecule has 1 N–H and O–H groups in total. The van der Waals surface area contributed by atoms with Crippen LogP contribution < -0.4 is 5.32 Å². The minimum Gasteiger partial charge on any atom is -0.342 e. The highest BCUT2D eigenvalue weighted by Crippen LogP contribution is 2.33. The van der Waals surface area contributed by atoms with Gasteiger partial charge in [0.15, 0.2) is 0 Å². The molecule has 2 amide bonds. The zero-order chi connectivity index (χ0) is 24.2. The molecule has 0 radical (unpaired) electrons. The minimum absolute atomic E-state index is 0.0103. The molecule has 5 heteroatoms. The van der Waals surface area contributed by atoms with Crippen molar-refractivity contribution >= 4 is 11.8 Å². The number of nitrogens with one attached hydrogen (secondary N) is 1. The first-order valence-corrected chi connectivity index (χ1v) is 12.9. The quantitative estimate of drug-likeness (QED) is 0.609. The van der Waals surface area contributed by atoms with Crippen LogP contribution in [0.2, 0.25) is 0 Å². The summed E-state index contributed by atoms with van der Waals surface area (Å²) < 4.78 is 0. The molecule has 0 saturated carbocycles. The second kappa shape index (κ2) is 10.7. The van der Waals surface area contributed by atoms with Gasteiger partial charge in [0.2, 0.25) is 11.8 Å². The molecule has 34 heavy (non-hydrogen) atoms. The summed E-state index contributed by atoms with van der Waals surface area (Å²) in [5.41, 5.74) is 4.93. The van der Waals surface area contributed by atoms with Gasteiger partial charge in [0.1, 0.15) is 12.1 Å². The van der Waals surface area contributed by atoms with E-state index in [1.54, 1.807) is 0 Å². The lowest BCUT2D eigenvalue weighted by molar-refractivity contribution is -0.154. The van der Waals surface area contributed by atoms with Gasteiger partial charge in [-0.3, -0.25) is 9.59 Å². The molecule has 182 valence electrons. The Kier molecular flexibility index (Phi) is 7.72. The SMILES string of the molecule is CCC(CC)C1C(=O)NC(C2Cc3ccccc3C2)C(=O)N1Cc1cccc(CN(C)CC)c1. The molecule has 0 bridgehead atoms. The van der Waals surface area contributed by atoms with Crippen LogP contribution in [-0.2, 0) is 35.5 Å². The maximum Gasteiger partial charge on any atom is 0.246 e. The van der Waals surface area contributed by atoms with E-state index in [9.17, 15) is 9.59 Å². The van der Waals surface area contributed by atoms with Gasteiger partial charge in [-0.15, -0.1) is 0 Å². The third-order valence-electron chi connectivity index (χ3n) is 7.84. The van der Waals surface area contributed by atoms with Crippen molar-refractivity contribution in [3.8, 4) is 0 Å². The molecule has 2 aromatic carbocycles. The normalized spacial score (nSPS) is 20.8. The largest absolute Gasteiger partial charge is 0.342 e. The summed E-state index contributed by atoms with van der Waals surface area (Å²) in [5, 5.41) is 3.17. The Morgan fingerprint density at radius 3 is 2.24 bits per heavy atom. The Morgan fingerprint density at radius 2 is 1.62 bits per heavy atom. The fourth-order valence-electron chi connectivity index (χ4n) is 5.73. The van der Waals surface area contributed by atoms with E-state index in [2.05, 4.69) is 86.6 Å². The number of nitrogens with zero attached hydrogens (tertiary/aromatic N) is 2. The van der Waals surface area contributed by atoms with E-state index < -0.39 is 12.1 Å². The van der Waals surface area contributed by atoms with E-state index in [0.717, 1.165) is 44.3 Å². The molecular formula is C29H39N3O2. The van der Waals surface area contributed by atoms with Crippen LogP contribution in [0.5, 0.6) is 0 Å². The van der Waals surface area contributed by atoms with Crippen LogP contribution >= 0.6 is 0 Å². The summed E-state index contributed by atoms with van der Waals surface area (Å²) in [7, 11) is 2.11. The average Bonchev–Trinajstić information content (AvgIpc) is 3.27. The number of carbonyl (C=O) groups is 2. The molecule has 1 fully saturated rings. The Balaban J connectivity index is 1.60. The highest BCUT2D eigenvalue weighted by molar-refractivity contribution is 5.97. The molecule has 1 aliphatic heterocycles. The molecular weight excluding hydrogens is 422 g/mol. The van der Waals surface area contributed by atoms with E-state index >= 15 is 0 Å². The summed E-state index contributed by atoms with van der Waals surface area (Å²) >= 11 is 0. The summed E-state index contributed by atoms with van der Waals surface area (Å²) in [6, 6.07) is 16.0.